The molecular weight excluding hydrogens is 362 g/mol. The lowest BCUT2D eigenvalue weighted by molar-refractivity contribution is 0.0302. The van der Waals surface area contributed by atoms with Gasteiger partial charge < -0.3 is 14.5 Å². The third-order valence-electron chi connectivity index (χ3n) is 5.51. The number of rotatable bonds is 5. The van der Waals surface area contributed by atoms with Crippen molar-refractivity contribution in [3.8, 4) is 0 Å². The van der Waals surface area contributed by atoms with E-state index in [1.807, 2.05) is 13.1 Å². The second kappa shape index (κ2) is 7.49. The number of carbonyl (C=O) groups excluding carboxylic acids is 1. The van der Waals surface area contributed by atoms with Crippen LogP contribution in [-0.4, -0.2) is 55.7 Å². The Morgan fingerprint density at radius 2 is 1.96 bits per heavy atom. The Morgan fingerprint density at radius 1 is 1.26 bits per heavy atom. The number of aromatic nitrogens is 1. The summed E-state index contributed by atoms with van der Waals surface area (Å²) in [4.78, 5) is 21.0. The number of nitrogens with zero attached hydrogens (tertiary/aromatic N) is 3. The topological polar surface area (TPSA) is 45.7 Å². The number of hydrogen-bond donors (Lipinski definition) is 0. The molecule has 1 aliphatic heterocycles. The first-order valence-corrected chi connectivity index (χ1v) is 9.76. The number of anilines is 1. The molecule has 142 valence electrons. The van der Waals surface area contributed by atoms with Gasteiger partial charge in [0, 0.05) is 38.3 Å². The smallest absolute Gasteiger partial charge is 0.255 e. The number of ether oxygens (including phenoxy) is 1. The van der Waals surface area contributed by atoms with Crippen molar-refractivity contribution in [3.63, 3.8) is 0 Å². The number of benzene rings is 1. The lowest BCUT2D eigenvalue weighted by Crippen LogP contribution is -2.40. The molecule has 0 radical (unpaired) electrons. The number of hydrogen-bond acceptors (Lipinski definition) is 4. The van der Waals surface area contributed by atoms with Crippen molar-refractivity contribution in [1.29, 1.82) is 0 Å². The lowest BCUT2D eigenvalue weighted by atomic mass is 9.95. The van der Waals surface area contributed by atoms with E-state index in [0.717, 1.165) is 12.4 Å². The summed E-state index contributed by atoms with van der Waals surface area (Å²) in [6.45, 7) is 3.24. The number of morpholine rings is 1. The molecule has 2 aromatic rings. The number of amides is 1. The molecular formula is C21H24ClN3O2. The van der Waals surface area contributed by atoms with Crippen molar-refractivity contribution >= 4 is 23.3 Å². The Labute approximate surface area is 164 Å². The van der Waals surface area contributed by atoms with Gasteiger partial charge in [0.25, 0.3) is 5.91 Å². The quantitative estimate of drug-likeness (QED) is 0.791. The average Bonchev–Trinajstić information content (AvgIpc) is 3.49. The summed E-state index contributed by atoms with van der Waals surface area (Å²) >= 11 is 6.50. The molecule has 0 bridgehead atoms. The van der Waals surface area contributed by atoms with Gasteiger partial charge in [0.2, 0.25) is 0 Å². The van der Waals surface area contributed by atoms with Gasteiger partial charge in [-0.25, -0.2) is 4.98 Å². The summed E-state index contributed by atoms with van der Waals surface area (Å²) in [5.41, 5.74) is 2.08. The first-order valence-electron chi connectivity index (χ1n) is 9.38. The molecule has 0 N–H and O–H groups in total. The predicted octanol–water partition coefficient (Wildman–Crippen LogP) is 3.38. The largest absolute Gasteiger partial charge is 0.378 e. The van der Waals surface area contributed by atoms with E-state index in [2.05, 4.69) is 34.1 Å². The van der Waals surface area contributed by atoms with E-state index < -0.39 is 0 Å². The van der Waals surface area contributed by atoms with Crippen LogP contribution < -0.4 is 4.90 Å². The van der Waals surface area contributed by atoms with E-state index in [1.165, 1.54) is 18.4 Å². The molecule has 2 aliphatic rings. The monoisotopic (exact) mass is 385 g/mol. The van der Waals surface area contributed by atoms with Crippen molar-refractivity contribution in [2.24, 2.45) is 0 Å². The molecule has 0 unspecified atom stereocenters. The van der Waals surface area contributed by atoms with Crippen LogP contribution in [0.1, 0.15) is 28.8 Å². The molecule has 1 amide bonds. The molecule has 2 fully saturated rings. The number of halogens is 1. The Balaban J connectivity index is 1.48. The van der Waals surface area contributed by atoms with E-state index >= 15 is 0 Å². The molecule has 27 heavy (non-hydrogen) atoms. The Hall–Kier alpha value is -2.11. The fourth-order valence-electron chi connectivity index (χ4n) is 3.79. The van der Waals surface area contributed by atoms with Crippen LogP contribution in [0.15, 0.2) is 42.6 Å². The number of carbonyl (C=O) groups is 1. The third kappa shape index (κ3) is 3.80. The summed E-state index contributed by atoms with van der Waals surface area (Å²) < 4.78 is 5.31. The molecule has 0 spiro atoms. The zero-order valence-corrected chi connectivity index (χ0v) is 16.3. The Bertz CT molecular complexity index is 817. The van der Waals surface area contributed by atoms with Crippen LogP contribution in [0.3, 0.4) is 0 Å². The molecule has 4 rings (SSSR count). The highest BCUT2D eigenvalue weighted by atomic mass is 35.5. The molecule has 1 saturated carbocycles. The van der Waals surface area contributed by atoms with Crippen molar-refractivity contribution in [2.75, 3.05) is 44.8 Å². The van der Waals surface area contributed by atoms with Crippen molar-refractivity contribution in [3.05, 3.63) is 58.7 Å². The van der Waals surface area contributed by atoms with Gasteiger partial charge in [0.05, 0.1) is 23.8 Å². The lowest BCUT2D eigenvalue weighted by Gasteiger charge is -2.28. The number of likely N-dealkylation sites (N-methyl/N-ethyl adjacent to an activating group) is 1. The molecule has 1 aromatic carbocycles. The highest BCUT2D eigenvalue weighted by Crippen LogP contribution is 2.49. The van der Waals surface area contributed by atoms with Crippen LogP contribution in [0.2, 0.25) is 5.02 Å². The van der Waals surface area contributed by atoms with Gasteiger partial charge in [-0.15, -0.1) is 0 Å². The van der Waals surface area contributed by atoms with Gasteiger partial charge in [0.1, 0.15) is 5.82 Å². The second-order valence-electron chi connectivity index (χ2n) is 7.44. The van der Waals surface area contributed by atoms with Crippen molar-refractivity contribution in [2.45, 2.75) is 18.3 Å². The molecule has 5 nitrogen and oxygen atoms in total. The van der Waals surface area contributed by atoms with Crippen LogP contribution in [0.4, 0.5) is 5.82 Å². The normalized spacial score (nSPS) is 18.2. The Kier molecular flexibility index (Phi) is 5.06. The van der Waals surface area contributed by atoms with E-state index in [0.29, 0.717) is 36.9 Å². The standard InChI is InChI=1S/C21H24ClN3O2/c1-24(15-21(7-8-21)17-5-3-2-4-6-17)19-18(22)13-16(14-23-19)20(26)25-9-11-27-12-10-25/h2-6,13-14H,7-12,15H2,1H3. The zero-order valence-electron chi connectivity index (χ0n) is 15.5. The van der Waals surface area contributed by atoms with Gasteiger partial charge in [-0.3, -0.25) is 4.79 Å². The van der Waals surface area contributed by atoms with Gasteiger partial charge in [0.15, 0.2) is 0 Å². The summed E-state index contributed by atoms with van der Waals surface area (Å²) in [6, 6.07) is 12.4. The zero-order chi connectivity index (χ0) is 18.9. The maximum absolute atomic E-state index is 12.6. The van der Waals surface area contributed by atoms with Gasteiger partial charge in [-0.05, 0) is 24.5 Å². The summed E-state index contributed by atoms with van der Waals surface area (Å²) in [5, 5.41) is 0.514. The molecule has 0 atom stereocenters. The Morgan fingerprint density at radius 3 is 2.59 bits per heavy atom. The minimum absolute atomic E-state index is 0.0372. The van der Waals surface area contributed by atoms with Crippen LogP contribution >= 0.6 is 11.6 Å². The summed E-state index contributed by atoms with van der Waals surface area (Å²) in [7, 11) is 2.01. The minimum atomic E-state index is -0.0372. The molecule has 1 aromatic heterocycles. The summed E-state index contributed by atoms with van der Waals surface area (Å²) in [5.74, 6) is 0.683. The van der Waals surface area contributed by atoms with Crippen molar-refractivity contribution in [1.82, 2.24) is 9.88 Å². The van der Waals surface area contributed by atoms with E-state index in [-0.39, 0.29) is 11.3 Å². The third-order valence-corrected chi connectivity index (χ3v) is 5.79. The van der Waals surface area contributed by atoms with Crippen LogP contribution in [0.5, 0.6) is 0 Å². The van der Waals surface area contributed by atoms with Crippen LogP contribution in [-0.2, 0) is 10.2 Å². The maximum atomic E-state index is 12.6. The average molecular weight is 386 g/mol. The van der Waals surface area contributed by atoms with E-state index in [1.54, 1.807) is 17.2 Å². The maximum Gasteiger partial charge on any atom is 0.255 e. The number of pyridine rings is 1. The first kappa shape index (κ1) is 18.3. The minimum Gasteiger partial charge on any atom is -0.378 e. The SMILES string of the molecule is CN(CC1(c2ccccc2)CC1)c1ncc(C(=O)N2CCOCC2)cc1Cl. The highest BCUT2D eigenvalue weighted by Gasteiger charge is 2.45. The predicted molar refractivity (Wildman–Crippen MR) is 107 cm³/mol. The van der Waals surface area contributed by atoms with Crippen LogP contribution in [0.25, 0.3) is 0 Å². The summed E-state index contributed by atoms with van der Waals surface area (Å²) in [6.07, 6.45) is 3.98. The van der Waals surface area contributed by atoms with Crippen molar-refractivity contribution < 1.29 is 9.53 Å². The molecule has 1 saturated heterocycles. The van der Waals surface area contributed by atoms with E-state index in [4.69, 9.17) is 16.3 Å². The highest BCUT2D eigenvalue weighted by molar-refractivity contribution is 6.33. The fraction of sp³-hybridized carbons (Fsp3) is 0.429. The fourth-order valence-corrected chi connectivity index (χ4v) is 4.10. The van der Waals surface area contributed by atoms with Gasteiger partial charge >= 0.3 is 0 Å². The van der Waals surface area contributed by atoms with E-state index in [9.17, 15) is 4.79 Å². The van der Waals surface area contributed by atoms with Crippen LogP contribution in [0, 0.1) is 0 Å². The van der Waals surface area contributed by atoms with Gasteiger partial charge in [-0.2, -0.15) is 0 Å². The van der Waals surface area contributed by atoms with Gasteiger partial charge in [-0.1, -0.05) is 41.9 Å². The first-order chi connectivity index (χ1) is 13.1. The molecule has 6 heteroatoms. The second-order valence-corrected chi connectivity index (χ2v) is 7.84. The molecule has 1 aliphatic carbocycles. The molecule has 2 heterocycles.